The van der Waals surface area contributed by atoms with E-state index in [0.29, 0.717) is 19.0 Å². The van der Waals surface area contributed by atoms with Crippen LogP contribution in [0.4, 0.5) is 0 Å². The van der Waals surface area contributed by atoms with Gasteiger partial charge in [-0.05, 0) is 22.9 Å². The first-order chi connectivity index (χ1) is 7.09. The summed E-state index contributed by atoms with van der Waals surface area (Å²) >= 11 is 1.49. The van der Waals surface area contributed by atoms with E-state index in [9.17, 15) is 4.79 Å². The zero-order valence-corrected chi connectivity index (χ0v) is 9.75. The fraction of sp³-hybridized carbons (Fsp3) is 0.545. The molecular weight excluding hydrogens is 210 g/mol. The zero-order chi connectivity index (χ0) is 11.0. The van der Waals surface area contributed by atoms with E-state index in [4.69, 9.17) is 5.11 Å². The summed E-state index contributed by atoms with van der Waals surface area (Å²) in [6.45, 7) is 5.14. The van der Waals surface area contributed by atoms with Crippen LogP contribution in [0.1, 0.15) is 35.0 Å². The molecule has 82 valence electrons. The highest BCUT2D eigenvalue weighted by molar-refractivity contribution is 7.12. The molecule has 3 nitrogen and oxygen atoms in total. The van der Waals surface area contributed by atoms with Crippen molar-refractivity contribution in [3.8, 4) is 0 Å². The molecule has 0 aliphatic carbocycles. The van der Waals surface area contributed by atoms with Crippen molar-refractivity contribution in [3.05, 3.63) is 21.9 Å². The molecule has 4 heteroatoms. The molecule has 1 amide bonds. The van der Waals surface area contributed by atoms with Crippen LogP contribution in [0.2, 0.25) is 0 Å². The third-order valence-corrected chi connectivity index (χ3v) is 3.58. The molecule has 1 fully saturated rings. The predicted molar refractivity (Wildman–Crippen MR) is 60.3 cm³/mol. The summed E-state index contributed by atoms with van der Waals surface area (Å²) in [5, 5.41) is 11.1. The van der Waals surface area contributed by atoms with Crippen molar-refractivity contribution >= 4 is 17.2 Å². The van der Waals surface area contributed by atoms with Crippen LogP contribution in [0.25, 0.3) is 0 Å². The first-order valence-corrected chi connectivity index (χ1v) is 6.02. The standard InChI is InChI=1S/C11H15NO2S/c1-7(2)9-3-4-15-10(9)11(14)12-5-8(13)6-12/h3-4,7-8,13H,5-6H2,1-2H3. The van der Waals surface area contributed by atoms with E-state index in [1.165, 1.54) is 11.3 Å². The van der Waals surface area contributed by atoms with E-state index in [2.05, 4.69) is 13.8 Å². The summed E-state index contributed by atoms with van der Waals surface area (Å²) in [6, 6.07) is 2.01. The molecule has 15 heavy (non-hydrogen) atoms. The maximum atomic E-state index is 12.0. The zero-order valence-electron chi connectivity index (χ0n) is 8.93. The fourth-order valence-electron chi connectivity index (χ4n) is 1.71. The summed E-state index contributed by atoms with van der Waals surface area (Å²) in [5.74, 6) is 0.445. The van der Waals surface area contributed by atoms with Crippen LogP contribution in [0.3, 0.4) is 0 Å². The molecule has 0 atom stereocenters. The minimum Gasteiger partial charge on any atom is -0.389 e. The Morgan fingerprint density at radius 2 is 2.27 bits per heavy atom. The number of rotatable bonds is 2. The molecule has 0 radical (unpaired) electrons. The quantitative estimate of drug-likeness (QED) is 0.832. The fourth-order valence-corrected chi connectivity index (χ4v) is 2.73. The van der Waals surface area contributed by atoms with Crippen LogP contribution in [0.5, 0.6) is 0 Å². The number of hydrogen-bond acceptors (Lipinski definition) is 3. The van der Waals surface area contributed by atoms with Crippen LogP contribution < -0.4 is 0 Å². The average molecular weight is 225 g/mol. The van der Waals surface area contributed by atoms with Gasteiger partial charge in [0.1, 0.15) is 0 Å². The Hall–Kier alpha value is -0.870. The molecule has 0 spiro atoms. The third kappa shape index (κ3) is 1.92. The lowest BCUT2D eigenvalue weighted by molar-refractivity contribution is 0.00614. The Balaban J connectivity index is 2.15. The van der Waals surface area contributed by atoms with E-state index >= 15 is 0 Å². The number of hydrogen-bond donors (Lipinski definition) is 1. The first-order valence-electron chi connectivity index (χ1n) is 5.14. The molecule has 2 rings (SSSR count). The van der Waals surface area contributed by atoms with E-state index in [1.54, 1.807) is 4.90 Å². The van der Waals surface area contributed by atoms with Gasteiger partial charge in [0.05, 0.1) is 11.0 Å². The molecule has 1 saturated heterocycles. The second-order valence-corrected chi connectivity index (χ2v) is 5.14. The topological polar surface area (TPSA) is 40.5 Å². The molecule has 0 saturated carbocycles. The Bertz CT molecular complexity index is 366. The normalized spacial score (nSPS) is 16.9. The van der Waals surface area contributed by atoms with Gasteiger partial charge in [0.25, 0.3) is 5.91 Å². The lowest BCUT2D eigenvalue weighted by Crippen LogP contribution is -2.53. The highest BCUT2D eigenvalue weighted by Crippen LogP contribution is 2.27. The van der Waals surface area contributed by atoms with Crippen molar-refractivity contribution in [2.75, 3.05) is 13.1 Å². The van der Waals surface area contributed by atoms with Crippen molar-refractivity contribution in [1.82, 2.24) is 4.90 Å². The second-order valence-electron chi connectivity index (χ2n) is 4.22. The largest absolute Gasteiger partial charge is 0.389 e. The number of carbonyl (C=O) groups is 1. The highest BCUT2D eigenvalue weighted by Gasteiger charge is 2.31. The van der Waals surface area contributed by atoms with Gasteiger partial charge in [-0.15, -0.1) is 11.3 Å². The van der Waals surface area contributed by atoms with Gasteiger partial charge in [0, 0.05) is 13.1 Å². The molecule has 1 aliphatic rings. The number of aliphatic hydroxyl groups is 1. The molecule has 2 heterocycles. The van der Waals surface area contributed by atoms with Gasteiger partial charge in [-0.3, -0.25) is 4.79 Å². The monoisotopic (exact) mass is 225 g/mol. The minimum absolute atomic E-state index is 0.0685. The number of amides is 1. The highest BCUT2D eigenvalue weighted by atomic mass is 32.1. The molecular formula is C11H15NO2S. The van der Waals surface area contributed by atoms with E-state index in [0.717, 1.165) is 10.4 Å². The Kier molecular flexibility index (Phi) is 2.80. The third-order valence-electron chi connectivity index (χ3n) is 2.66. The molecule has 0 unspecified atom stereocenters. The Morgan fingerprint density at radius 3 is 2.80 bits per heavy atom. The summed E-state index contributed by atoms with van der Waals surface area (Å²) in [7, 11) is 0. The maximum absolute atomic E-state index is 12.0. The van der Waals surface area contributed by atoms with Gasteiger partial charge < -0.3 is 10.0 Å². The molecule has 0 bridgehead atoms. The Labute approximate surface area is 93.3 Å². The van der Waals surface area contributed by atoms with Gasteiger partial charge in [-0.1, -0.05) is 13.8 Å². The molecule has 1 aromatic heterocycles. The summed E-state index contributed by atoms with van der Waals surface area (Å²) < 4.78 is 0. The number of aliphatic hydroxyl groups excluding tert-OH is 1. The SMILES string of the molecule is CC(C)c1ccsc1C(=O)N1CC(O)C1. The summed E-state index contributed by atoms with van der Waals surface area (Å²) in [5.41, 5.74) is 1.12. The van der Waals surface area contributed by atoms with Crippen molar-refractivity contribution < 1.29 is 9.90 Å². The summed E-state index contributed by atoms with van der Waals surface area (Å²) in [4.78, 5) is 14.5. The molecule has 0 aromatic carbocycles. The molecule has 1 N–H and O–H groups in total. The number of nitrogens with zero attached hydrogens (tertiary/aromatic N) is 1. The van der Waals surface area contributed by atoms with Gasteiger partial charge in [-0.2, -0.15) is 0 Å². The number of likely N-dealkylation sites (tertiary alicyclic amines) is 1. The molecule has 1 aromatic rings. The lowest BCUT2D eigenvalue weighted by atomic mass is 10.0. The van der Waals surface area contributed by atoms with Crippen LogP contribution in [0, 0.1) is 0 Å². The Morgan fingerprint density at radius 1 is 1.60 bits per heavy atom. The lowest BCUT2D eigenvalue weighted by Gasteiger charge is -2.35. The average Bonchev–Trinajstić information content (AvgIpc) is 2.60. The van der Waals surface area contributed by atoms with Crippen molar-refractivity contribution in [1.29, 1.82) is 0 Å². The van der Waals surface area contributed by atoms with Crippen molar-refractivity contribution in [3.63, 3.8) is 0 Å². The maximum Gasteiger partial charge on any atom is 0.264 e. The van der Waals surface area contributed by atoms with E-state index < -0.39 is 0 Å². The van der Waals surface area contributed by atoms with Gasteiger partial charge in [0.2, 0.25) is 0 Å². The number of β-amino-alcohol motifs (C(OH)–C–C–N with tert-alkyl or cyclic N) is 1. The predicted octanol–water partition coefficient (Wildman–Crippen LogP) is 1.69. The number of thiophene rings is 1. The smallest absolute Gasteiger partial charge is 0.264 e. The van der Waals surface area contributed by atoms with Crippen LogP contribution in [0.15, 0.2) is 11.4 Å². The van der Waals surface area contributed by atoms with Crippen LogP contribution in [-0.2, 0) is 0 Å². The number of carbonyl (C=O) groups excluding carboxylic acids is 1. The van der Waals surface area contributed by atoms with E-state index in [-0.39, 0.29) is 12.0 Å². The summed E-state index contributed by atoms with van der Waals surface area (Å²) in [6.07, 6.45) is -0.323. The van der Waals surface area contributed by atoms with Crippen molar-refractivity contribution in [2.24, 2.45) is 0 Å². The van der Waals surface area contributed by atoms with Gasteiger partial charge in [-0.25, -0.2) is 0 Å². The van der Waals surface area contributed by atoms with Crippen LogP contribution >= 0.6 is 11.3 Å². The minimum atomic E-state index is -0.323. The van der Waals surface area contributed by atoms with Crippen LogP contribution in [-0.4, -0.2) is 35.1 Å². The molecule has 1 aliphatic heterocycles. The van der Waals surface area contributed by atoms with E-state index in [1.807, 2.05) is 11.4 Å². The second kappa shape index (κ2) is 3.94. The first kappa shape index (κ1) is 10.6. The van der Waals surface area contributed by atoms with Gasteiger partial charge >= 0.3 is 0 Å². The van der Waals surface area contributed by atoms with Crippen molar-refractivity contribution in [2.45, 2.75) is 25.9 Å². The van der Waals surface area contributed by atoms with Gasteiger partial charge in [0.15, 0.2) is 0 Å².